The minimum Gasteiger partial charge on any atom is -0.389 e. The third-order valence-corrected chi connectivity index (χ3v) is 3.81. The molecule has 0 spiro atoms. The van der Waals surface area contributed by atoms with Gasteiger partial charge in [-0.05, 0) is 22.6 Å². The van der Waals surface area contributed by atoms with Crippen molar-refractivity contribution in [3.63, 3.8) is 0 Å². The molecule has 1 rings (SSSR count). The van der Waals surface area contributed by atoms with Gasteiger partial charge in [-0.25, -0.2) is 13.6 Å². The van der Waals surface area contributed by atoms with Gasteiger partial charge in [0.2, 0.25) is 15.9 Å². The number of sulfonamides is 1. The highest BCUT2D eigenvalue weighted by molar-refractivity contribution is 14.1. The summed E-state index contributed by atoms with van der Waals surface area (Å²) in [5, 5.41) is 4.74. The fraction of sp³-hybridized carbons (Fsp3) is 0.167. The molecule has 0 amide bonds. The first-order valence-electron chi connectivity index (χ1n) is 3.72. The lowest BCUT2D eigenvalue weighted by atomic mass is 10.5. The second-order valence-electron chi connectivity index (χ2n) is 2.73. The standard InChI is InChI=1S/C6H4F3IN2O4S/c7-6(8,9)16-5-4(10)2(17(11,14)15)1-3(13)12-5/h1H,(H,12,13)(H2,11,14,15). The molecule has 0 unspecified atom stereocenters. The lowest BCUT2D eigenvalue weighted by Crippen LogP contribution is -2.24. The number of primary sulfonamides is 1. The normalized spacial score (nSPS) is 12.5. The van der Waals surface area contributed by atoms with Gasteiger partial charge in [-0.3, -0.25) is 9.78 Å². The Morgan fingerprint density at radius 1 is 1.41 bits per heavy atom. The molecule has 0 fully saturated rings. The summed E-state index contributed by atoms with van der Waals surface area (Å²) >= 11 is 1.27. The second kappa shape index (κ2) is 4.45. The van der Waals surface area contributed by atoms with Crippen molar-refractivity contribution in [3.8, 4) is 5.88 Å². The lowest BCUT2D eigenvalue weighted by Gasteiger charge is -2.11. The van der Waals surface area contributed by atoms with Crippen LogP contribution in [0.1, 0.15) is 0 Å². The highest BCUT2D eigenvalue weighted by atomic mass is 127. The number of aromatic nitrogens is 1. The number of nitrogens with two attached hydrogens (primary N) is 1. The van der Waals surface area contributed by atoms with E-state index in [1.165, 1.54) is 22.6 Å². The Labute approximate surface area is 106 Å². The van der Waals surface area contributed by atoms with Crippen LogP contribution in [0.3, 0.4) is 0 Å². The van der Waals surface area contributed by atoms with Crippen LogP contribution in [0.4, 0.5) is 13.2 Å². The molecule has 11 heteroatoms. The van der Waals surface area contributed by atoms with Gasteiger partial charge in [0.05, 0.1) is 3.57 Å². The van der Waals surface area contributed by atoms with E-state index in [0.717, 1.165) is 0 Å². The third-order valence-electron chi connectivity index (χ3n) is 1.44. The summed E-state index contributed by atoms with van der Waals surface area (Å²) < 4.78 is 60.9. The zero-order valence-electron chi connectivity index (χ0n) is 7.71. The molecule has 1 heterocycles. The van der Waals surface area contributed by atoms with E-state index in [9.17, 15) is 26.4 Å². The number of halogens is 4. The smallest absolute Gasteiger partial charge is 0.389 e. The van der Waals surface area contributed by atoms with Crippen molar-refractivity contribution >= 4 is 32.6 Å². The fourth-order valence-electron chi connectivity index (χ4n) is 0.890. The molecule has 0 atom stereocenters. The van der Waals surface area contributed by atoms with Crippen LogP contribution in [0.15, 0.2) is 15.8 Å². The van der Waals surface area contributed by atoms with Crippen LogP contribution in [0, 0.1) is 3.57 Å². The molecular weight excluding hydrogens is 380 g/mol. The molecule has 1 aromatic rings. The van der Waals surface area contributed by atoms with E-state index in [1.54, 1.807) is 4.98 Å². The second-order valence-corrected chi connectivity index (χ2v) is 5.34. The summed E-state index contributed by atoms with van der Waals surface area (Å²) in [6.07, 6.45) is -5.06. The number of hydrogen-bond donors (Lipinski definition) is 2. The van der Waals surface area contributed by atoms with Gasteiger partial charge in [0, 0.05) is 6.07 Å². The Morgan fingerprint density at radius 3 is 2.35 bits per heavy atom. The quantitative estimate of drug-likeness (QED) is 0.727. The number of ether oxygens (including phenoxy) is 1. The monoisotopic (exact) mass is 384 g/mol. The Hall–Kier alpha value is -0.820. The largest absolute Gasteiger partial charge is 0.574 e. The van der Waals surface area contributed by atoms with Gasteiger partial charge in [-0.15, -0.1) is 13.2 Å². The first-order valence-corrected chi connectivity index (χ1v) is 6.34. The van der Waals surface area contributed by atoms with Crippen molar-refractivity contribution < 1.29 is 26.3 Å². The average molecular weight is 384 g/mol. The van der Waals surface area contributed by atoms with Crippen LogP contribution in [0.2, 0.25) is 0 Å². The van der Waals surface area contributed by atoms with Crippen LogP contribution in [-0.2, 0) is 10.0 Å². The number of hydrogen-bond acceptors (Lipinski definition) is 4. The van der Waals surface area contributed by atoms with Crippen molar-refractivity contribution in [2.75, 3.05) is 0 Å². The van der Waals surface area contributed by atoms with E-state index in [2.05, 4.69) is 4.74 Å². The van der Waals surface area contributed by atoms with Gasteiger partial charge in [0.1, 0.15) is 4.90 Å². The van der Waals surface area contributed by atoms with E-state index in [1.807, 2.05) is 0 Å². The molecule has 3 N–H and O–H groups in total. The first kappa shape index (κ1) is 14.2. The SMILES string of the molecule is NS(=O)(=O)c1cc(=O)[nH]c(OC(F)(F)F)c1I. The Balaban J connectivity index is 3.45. The van der Waals surface area contributed by atoms with E-state index in [0.29, 0.717) is 6.07 Å². The van der Waals surface area contributed by atoms with Crippen LogP contribution >= 0.6 is 22.6 Å². The summed E-state index contributed by atoms with van der Waals surface area (Å²) in [4.78, 5) is 12.0. The molecule has 0 radical (unpaired) electrons. The van der Waals surface area contributed by atoms with Gasteiger partial charge in [0.25, 0.3) is 5.56 Å². The summed E-state index contributed by atoms with van der Waals surface area (Å²) in [6.45, 7) is 0. The summed E-state index contributed by atoms with van der Waals surface area (Å²) in [6, 6.07) is 0.570. The van der Waals surface area contributed by atoms with Gasteiger partial charge < -0.3 is 4.74 Å². The topological polar surface area (TPSA) is 102 Å². The minimum atomic E-state index is -5.06. The Kier molecular flexibility index (Phi) is 3.73. The van der Waals surface area contributed by atoms with Crippen LogP contribution in [-0.4, -0.2) is 19.8 Å². The summed E-state index contributed by atoms with van der Waals surface area (Å²) in [5.41, 5.74) is -1.08. The predicted octanol–water partition coefficient (Wildman–Crippen LogP) is 0.526. The number of H-pyrrole nitrogens is 1. The molecule has 0 saturated heterocycles. The number of rotatable bonds is 2. The molecule has 6 nitrogen and oxygen atoms in total. The van der Waals surface area contributed by atoms with Gasteiger partial charge in [-0.2, -0.15) is 0 Å². The maximum absolute atomic E-state index is 12.0. The number of nitrogens with one attached hydrogen (secondary N) is 1. The zero-order chi connectivity index (χ0) is 13.4. The van der Waals surface area contributed by atoms with Gasteiger partial charge in [0.15, 0.2) is 0 Å². The van der Waals surface area contributed by atoms with Crippen LogP contribution in [0.25, 0.3) is 0 Å². The van der Waals surface area contributed by atoms with Crippen molar-refractivity contribution in [2.45, 2.75) is 11.3 Å². The molecule has 1 aromatic heterocycles. The molecule has 0 aliphatic rings. The number of aromatic amines is 1. The summed E-state index contributed by atoms with van der Waals surface area (Å²) in [7, 11) is -4.31. The minimum absolute atomic E-state index is 0.456. The van der Waals surface area contributed by atoms with E-state index >= 15 is 0 Å². The lowest BCUT2D eigenvalue weighted by molar-refractivity contribution is -0.276. The van der Waals surface area contributed by atoms with Gasteiger partial charge >= 0.3 is 6.36 Å². The van der Waals surface area contributed by atoms with Crippen molar-refractivity contribution in [1.82, 2.24) is 4.98 Å². The summed E-state index contributed by atoms with van der Waals surface area (Å²) in [5.74, 6) is -1.02. The molecular formula is C6H4F3IN2O4S. The van der Waals surface area contributed by atoms with E-state index in [4.69, 9.17) is 5.14 Å². The zero-order valence-corrected chi connectivity index (χ0v) is 10.7. The number of alkyl halides is 3. The van der Waals surface area contributed by atoms with Crippen LogP contribution < -0.4 is 15.4 Å². The van der Waals surface area contributed by atoms with E-state index in [-0.39, 0.29) is 0 Å². The molecule has 0 aliphatic heterocycles. The predicted molar refractivity (Wildman–Crippen MR) is 57.8 cm³/mol. The van der Waals surface area contributed by atoms with E-state index < -0.39 is 36.3 Å². The molecule has 0 aromatic carbocycles. The van der Waals surface area contributed by atoms with Crippen LogP contribution in [0.5, 0.6) is 5.88 Å². The van der Waals surface area contributed by atoms with Crippen molar-refractivity contribution in [3.05, 3.63) is 20.0 Å². The third kappa shape index (κ3) is 3.85. The maximum Gasteiger partial charge on any atom is 0.574 e. The molecule has 96 valence electrons. The average Bonchev–Trinajstić information content (AvgIpc) is 2.06. The van der Waals surface area contributed by atoms with Gasteiger partial charge in [-0.1, -0.05) is 0 Å². The van der Waals surface area contributed by atoms with Crippen molar-refractivity contribution in [2.24, 2.45) is 5.14 Å². The Morgan fingerprint density at radius 2 is 1.94 bits per heavy atom. The molecule has 0 aliphatic carbocycles. The molecule has 0 bridgehead atoms. The molecule has 0 saturated carbocycles. The highest BCUT2D eigenvalue weighted by Gasteiger charge is 2.33. The maximum atomic E-state index is 12.0. The molecule has 17 heavy (non-hydrogen) atoms. The highest BCUT2D eigenvalue weighted by Crippen LogP contribution is 2.28. The van der Waals surface area contributed by atoms with Crippen molar-refractivity contribution in [1.29, 1.82) is 0 Å². The fourth-order valence-corrected chi connectivity index (χ4v) is 2.83. The first-order chi connectivity index (χ1) is 7.50. The Bertz CT molecular complexity index is 594. The number of pyridine rings is 1.